The number of esters is 2. The van der Waals surface area contributed by atoms with E-state index >= 15 is 0 Å². The van der Waals surface area contributed by atoms with E-state index in [4.69, 9.17) is 9.47 Å². The molecule has 0 radical (unpaired) electrons. The summed E-state index contributed by atoms with van der Waals surface area (Å²) in [4.78, 5) is 33.5. The zero-order valence-corrected chi connectivity index (χ0v) is 13.3. The average Bonchev–Trinajstić information content (AvgIpc) is 2.50. The summed E-state index contributed by atoms with van der Waals surface area (Å²) in [5.41, 5.74) is 0.911. The first kappa shape index (κ1) is 18.4. The van der Waals surface area contributed by atoms with Crippen LogP contribution < -0.4 is 5.32 Å². The van der Waals surface area contributed by atoms with Gasteiger partial charge in [-0.05, 0) is 11.6 Å². The van der Waals surface area contributed by atoms with Crippen LogP contribution in [0.25, 0.3) is 6.08 Å². The number of carbonyl (C=O) groups excluding carboxylic acids is 3. The van der Waals surface area contributed by atoms with Crippen molar-refractivity contribution in [3.8, 4) is 0 Å². The van der Waals surface area contributed by atoms with Crippen LogP contribution in [0.15, 0.2) is 36.4 Å². The predicted molar refractivity (Wildman–Crippen MR) is 85.3 cm³/mol. The highest BCUT2D eigenvalue weighted by atomic mass is 16.6. The van der Waals surface area contributed by atoms with Crippen LogP contribution in [-0.2, 0) is 23.9 Å². The van der Waals surface area contributed by atoms with Gasteiger partial charge in [-0.3, -0.25) is 14.4 Å². The Morgan fingerprint density at radius 3 is 2.43 bits per heavy atom. The first-order valence-electron chi connectivity index (χ1n) is 7.29. The number of hydrogen-bond donors (Lipinski definition) is 1. The lowest BCUT2D eigenvalue weighted by Gasteiger charge is -2.17. The van der Waals surface area contributed by atoms with Gasteiger partial charge in [0.15, 0.2) is 0 Å². The van der Waals surface area contributed by atoms with Crippen molar-refractivity contribution >= 4 is 23.9 Å². The lowest BCUT2D eigenvalue weighted by atomic mass is 10.2. The molecule has 23 heavy (non-hydrogen) atoms. The Hall–Kier alpha value is -2.63. The van der Waals surface area contributed by atoms with Gasteiger partial charge in [0, 0.05) is 26.3 Å². The molecule has 0 aromatic heterocycles. The monoisotopic (exact) mass is 319 g/mol. The first-order valence-corrected chi connectivity index (χ1v) is 7.29. The minimum atomic E-state index is -0.541. The Morgan fingerprint density at radius 2 is 1.83 bits per heavy atom. The summed E-state index contributed by atoms with van der Waals surface area (Å²) in [5, 5.41) is 2.65. The summed E-state index contributed by atoms with van der Waals surface area (Å²) in [6, 6.07) is 9.41. The molecule has 0 aliphatic rings. The summed E-state index contributed by atoms with van der Waals surface area (Å²) in [6.07, 6.45) is 2.88. The summed E-state index contributed by atoms with van der Waals surface area (Å²) < 4.78 is 9.89. The second-order valence-corrected chi connectivity index (χ2v) is 4.85. The summed E-state index contributed by atoms with van der Waals surface area (Å²) in [7, 11) is 0. The third-order valence-corrected chi connectivity index (χ3v) is 2.81. The van der Waals surface area contributed by atoms with E-state index in [0.29, 0.717) is 6.42 Å². The zero-order valence-electron chi connectivity index (χ0n) is 13.3. The van der Waals surface area contributed by atoms with E-state index in [1.54, 1.807) is 6.08 Å². The van der Waals surface area contributed by atoms with Gasteiger partial charge in [0.25, 0.3) is 0 Å². The number of amides is 1. The van der Waals surface area contributed by atoms with E-state index in [1.165, 1.54) is 19.9 Å². The highest BCUT2D eigenvalue weighted by Crippen LogP contribution is 2.02. The van der Waals surface area contributed by atoms with Gasteiger partial charge in [0.2, 0.25) is 5.91 Å². The Balaban J connectivity index is 2.42. The van der Waals surface area contributed by atoms with Crippen LogP contribution >= 0.6 is 0 Å². The topological polar surface area (TPSA) is 81.7 Å². The second kappa shape index (κ2) is 10.2. The molecule has 0 bridgehead atoms. The van der Waals surface area contributed by atoms with E-state index < -0.39 is 18.0 Å². The van der Waals surface area contributed by atoms with Crippen molar-refractivity contribution in [3.63, 3.8) is 0 Å². The molecule has 0 fully saturated rings. The van der Waals surface area contributed by atoms with Crippen LogP contribution in [-0.4, -0.2) is 37.1 Å². The van der Waals surface area contributed by atoms with Crippen LogP contribution in [0.3, 0.4) is 0 Å². The molecule has 1 atom stereocenters. The van der Waals surface area contributed by atoms with Crippen LogP contribution in [0, 0.1) is 0 Å². The largest absolute Gasteiger partial charge is 0.466 e. The van der Waals surface area contributed by atoms with Crippen molar-refractivity contribution < 1.29 is 23.9 Å². The van der Waals surface area contributed by atoms with E-state index in [-0.39, 0.29) is 19.1 Å². The molecule has 0 saturated heterocycles. The molecule has 124 valence electrons. The first-order chi connectivity index (χ1) is 11.0. The Labute approximate surface area is 135 Å². The van der Waals surface area contributed by atoms with E-state index in [0.717, 1.165) is 5.56 Å². The van der Waals surface area contributed by atoms with Crippen LogP contribution in [0.2, 0.25) is 0 Å². The number of nitrogens with one attached hydrogen (secondary N) is 1. The van der Waals surface area contributed by atoms with Crippen molar-refractivity contribution in [3.05, 3.63) is 42.0 Å². The van der Waals surface area contributed by atoms with Gasteiger partial charge >= 0.3 is 11.9 Å². The van der Waals surface area contributed by atoms with E-state index in [9.17, 15) is 14.4 Å². The second-order valence-electron chi connectivity index (χ2n) is 4.85. The predicted octanol–water partition coefficient (Wildman–Crippen LogP) is 1.70. The molecule has 0 aliphatic heterocycles. The average molecular weight is 319 g/mol. The highest BCUT2D eigenvalue weighted by Gasteiger charge is 2.13. The molecular weight excluding hydrogens is 298 g/mol. The smallest absolute Gasteiger partial charge is 0.302 e. The van der Waals surface area contributed by atoms with Gasteiger partial charge in [0.05, 0.1) is 13.2 Å². The Bertz CT molecular complexity index is 553. The van der Waals surface area contributed by atoms with Gasteiger partial charge in [-0.15, -0.1) is 0 Å². The molecule has 1 aromatic carbocycles. The molecule has 0 aliphatic carbocycles. The number of benzene rings is 1. The number of rotatable bonds is 8. The minimum absolute atomic E-state index is 0.128. The fourth-order valence-corrected chi connectivity index (χ4v) is 1.78. The highest BCUT2D eigenvalue weighted by molar-refractivity contribution is 5.91. The molecule has 1 N–H and O–H groups in total. The molecular formula is C17H21NO5. The normalized spacial score (nSPS) is 11.7. The molecule has 0 unspecified atom stereocenters. The van der Waals surface area contributed by atoms with E-state index in [1.807, 2.05) is 30.3 Å². The van der Waals surface area contributed by atoms with Gasteiger partial charge in [-0.1, -0.05) is 30.3 Å². The Morgan fingerprint density at radius 1 is 1.13 bits per heavy atom. The number of ether oxygens (including phenoxy) is 2. The molecule has 1 amide bonds. The maximum absolute atomic E-state index is 11.8. The van der Waals surface area contributed by atoms with Gasteiger partial charge in [0.1, 0.15) is 6.10 Å². The van der Waals surface area contributed by atoms with Crippen molar-refractivity contribution in [1.82, 2.24) is 5.32 Å². The van der Waals surface area contributed by atoms with Crippen molar-refractivity contribution in [2.24, 2.45) is 0 Å². The SMILES string of the molecule is CC(=O)OCC[C@H](CNC(=O)C=Cc1ccccc1)OC(C)=O. The molecule has 6 nitrogen and oxygen atoms in total. The van der Waals surface area contributed by atoms with Gasteiger partial charge in [-0.2, -0.15) is 0 Å². The lowest BCUT2D eigenvalue weighted by Crippen LogP contribution is -2.34. The molecule has 0 saturated carbocycles. The molecule has 0 spiro atoms. The number of hydrogen-bond acceptors (Lipinski definition) is 5. The third kappa shape index (κ3) is 9.08. The van der Waals surface area contributed by atoms with Crippen molar-refractivity contribution in [2.75, 3.05) is 13.2 Å². The van der Waals surface area contributed by atoms with Crippen molar-refractivity contribution in [1.29, 1.82) is 0 Å². The minimum Gasteiger partial charge on any atom is -0.466 e. The quantitative estimate of drug-likeness (QED) is 0.582. The fraction of sp³-hybridized carbons (Fsp3) is 0.353. The fourth-order valence-electron chi connectivity index (χ4n) is 1.78. The molecule has 1 rings (SSSR count). The lowest BCUT2D eigenvalue weighted by molar-refractivity contribution is -0.148. The standard InChI is InChI=1S/C17H21NO5/c1-13(19)22-11-10-16(23-14(2)20)12-18-17(21)9-8-15-6-4-3-5-7-15/h3-9,16H,10-12H2,1-2H3,(H,18,21)/t16-/m1/s1. The molecule has 0 heterocycles. The van der Waals surface area contributed by atoms with E-state index in [2.05, 4.69) is 5.32 Å². The maximum Gasteiger partial charge on any atom is 0.302 e. The zero-order chi connectivity index (χ0) is 17.1. The summed E-state index contributed by atoms with van der Waals surface area (Å²) >= 11 is 0. The molecule has 6 heteroatoms. The Kier molecular flexibility index (Phi) is 8.13. The third-order valence-electron chi connectivity index (χ3n) is 2.81. The maximum atomic E-state index is 11.8. The molecule has 1 aromatic rings. The van der Waals surface area contributed by atoms with Crippen LogP contribution in [0.1, 0.15) is 25.8 Å². The van der Waals surface area contributed by atoms with Crippen molar-refractivity contribution in [2.45, 2.75) is 26.4 Å². The number of carbonyl (C=O) groups is 3. The van der Waals surface area contributed by atoms with Gasteiger partial charge < -0.3 is 14.8 Å². The van der Waals surface area contributed by atoms with Crippen LogP contribution in [0.4, 0.5) is 0 Å². The summed E-state index contributed by atoms with van der Waals surface area (Å²) in [5.74, 6) is -1.15. The summed E-state index contributed by atoms with van der Waals surface area (Å²) in [6.45, 7) is 2.87. The van der Waals surface area contributed by atoms with Crippen LogP contribution in [0.5, 0.6) is 0 Å². The van der Waals surface area contributed by atoms with Gasteiger partial charge in [-0.25, -0.2) is 0 Å².